The number of carbonyl (C=O) groups excluding carboxylic acids is 2. The van der Waals surface area contributed by atoms with Gasteiger partial charge in [-0.3, -0.25) is 5.32 Å². The van der Waals surface area contributed by atoms with E-state index in [4.69, 9.17) is 9.47 Å². The average molecular weight is 451 g/mol. The monoisotopic (exact) mass is 450 g/mol. The lowest BCUT2D eigenvalue weighted by Crippen LogP contribution is -2.40. The predicted molar refractivity (Wildman–Crippen MR) is 120 cm³/mol. The van der Waals surface area contributed by atoms with Crippen molar-refractivity contribution in [2.45, 2.75) is 70.1 Å². The molecule has 0 spiro atoms. The molecule has 0 radical (unpaired) electrons. The van der Waals surface area contributed by atoms with Crippen molar-refractivity contribution in [3.8, 4) is 0 Å². The van der Waals surface area contributed by atoms with E-state index in [1.54, 1.807) is 33.0 Å². The standard InChI is InChI=1S/C20H30N6O4S/c1-19(2,3)29-17(27)22-12-7-8-25(11-12)14-9-15(24-18(28)30-20(4,5)6)26-16(23-14)13(31)10-21-26/h9-10,12,31H,7-8,11H2,1-6H3,(H,22,27)(H,24,28)/t12-/m0/s1. The molecule has 1 atom stereocenters. The number of anilines is 2. The molecule has 3 rings (SSSR count). The van der Waals surface area contributed by atoms with E-state index in [9.17, 15) is 9.59 Å². The minimum Gasteiger partial charge on any atom is -0.444 e. The van der Waals surface area contributed by atoms with Gasteiger partial charge in [-0.25, -0.2) is 14.6 Å². The normalized spacial score (nSPS) is 17.0. The van der Waals surface area contributed by atoms with Crippen LogP contribution < -0.4 is 15.5 Å². The molecule has 170 valence electrons. The molecule has 2 aromatic rings. The van der Waals surface area contributed by atoms with Gasteiger partial charge in [0.2, 0.25) is 0 Å². The smallest absolute Gasteiger partial charge is 0.413 e. The Balaban J connectivity index is 1.77. The molecule has 0 aliphatic carbocycles. The lowest BCUT2D eigenvalue weighted by molar-refractivity contribution is 0.0508. The molecule has 2 amide bonds. The summed E-state index contributed by atoms with van der Waals surface area (Å²) in [6.07, 6.45) is 1.27. The second-order valence-corrected chi connectivity index (χ2v) is 9.95. The van der Waals surface area contributed by atoms with Crippen LogP contribution in [0, 0.1) is 0 Å². The fourth-order valence-corrected chi connectivity index (χ4v) is 3.35. The van der Waals surface area contributed by atoms with Crippen molar-refractivity contribution in [1.29, 1.82) is 0 Å². The van der Waals surface area contributed by atoms with E-state index >= 15 is 0 Å². The molecule has 11 heteroatoms. The molecule has 2 N–H and O–H groups in total. The van der Waals surface area contributed by atoms with Gasteiger partial charge in [0.15, 0.2) is 5.65 Å². The summed E-state index contributed by atoms with van der Waals surface area (Å²) in [5, 5.41) is 9.87. The van der Waals surface area contributed by atoms with E-state index in [1.807, 2.05) is 25.7 Å². The first kappa shape index (κ1) is 23.0. The number of ether oxygens (including phenoxy) is 2. The highest BCUT2D eigenvalue weighted by Crippen LogP contribution is 2.26. The molecule has 0 unspecified atom stereocenters. The molecule has 0 saturated carbocycles. The van der Waals surface area contributed by atoms with Crippen LogP contribution in [0.2, 0.25) is 0 Å². The summed E-state index contributed by atoms with van der Waals surface area (Å²) in [6.45, 7) is 12.1. The Morgan fingerprint density at radius 3 is 2.42 bits per heavy atom. The van der Waals surface area contributed by atoms with Crippen LogP contribution in [0.5, 0.6) is 0 Å². The topological polar surface area (TPSA) is 110 Å². The summed E-state index contributed by atoms with van der Waals surface area (Å²) >= 11 is 4.42. The van der Waals surface area contributed by atoms with Crippen LogP contribution in [0.1, 0.15) is 48.0 Å². The second-order valence-electron chi connectivity index (χ2n) is 9.47. The van der Waals surface area contributed by atoms with Crippen molar-refractivity contribution >= 4 is 42.1 Å². The number of hydrogen-bond acceptors (Lipinski definition) is 8. The molecule has 1 aliphatic heterocycles. The predicted octanol–water partition coefficient (Wildman–Crippen LogP) is 3.47. The molecule has 0 bridgehead atoms. The summed E-state index contributed by atoms with van der Waals surface area (Å²) in [6, 6.07) is 1.66. The van der Waals surface area contributed by atoms with Gasteiger partial charge < -0.3 is 19.7 Å². The maximum Gasteiger partial charge on any atom is 0.413 e. The highest BCUT2D eigenvalue weighted by Gasteiger charge is 2.28. The van der Waals surface area contributed by atoms with Crippen LogP contribution >= 0.6 is 12.6 Å². The Hall–Kier alpha value is -2.69. The van der Waals surface area contributed by atoms with Crippen molar-refractivity contribution in [1.82, 2.24) is 19.9 Å². The first-order valence-electron chi connectivity index (χ1n) is 10.1. The SMILES string of the molecule is CC(C)(C)OC(=O)Nc1cc(N2CC[C@H](NC(=O)OC(C)(C)C)C2)nc2c(S)cnn12. The van der Waals surface area contributed by atoms with E-state index in [2.05, 4.69) is 33.3 Å². The number of alkyl carbamates (subject to hydrolysis) is 1. The minimum atomic E-state index is -0.632. The van der Waals surface area contributed by atoms with Crippen LogP contribution in [0.3, 0.4) is 0 Å². The van der Waals surface area contributed by atoms with Gasteiger partial charge in [0.05, 0.1) is 17.1 Å². The number of nitrogens with one attached hydrogen (secondary N) is 2. The molecular formula is C20H30N6O4S. The number of hydrogen-bond donors (Lipinski definition) is 3. The Bertz CT molecular complexity index is 978. The molecule has 2 aromatic heterocycles. The summed E-state index contributed by atoms with van der Waals surface area (Å²) in [7, 11) is 0. The van der Waals surface area contributed by atoms with E-state index in [-0.39, 0.29) is 6.04 Å². The maximum absolute atomic E-state index is 12.3. The van der Waals surface area contributed by atoms with Gasteiger partial charge in [-0.05, 0) is 48.0 Å². The lowest BCUT2D eigenvalue weighted by Gasteiger charge is -2.23. The summed E-state index contributed by atoms with van der Waals surface area (Å²) < 4.78 is 12.2. The quantitative estimate of drug-likeness (QED) is 0.614. The zero-order valence-electron chi connectivity index (χ0n) is 18.7. The Labute approximate surface area is 187 Å². The van der Waals surface area contributed by atoms with Crippen LogP contribution in [0.4, 0.5) is 21.2 Å². The van der Waals surface area contributed by atoms with Gasteiger partial charge in [-0.1, -0.05) is 0 Å². The van der Waals surface area contributed by atoms with Gasteiger partial charge >= 0.3 is 12.2 Å². The Kier molecular flexibility index (Phi) is 6.26. The van der Waals surface area contributed by atoms with Crippen LogP contribution in [0.25, 0.3) is 5.65 Å². The maximum atomic E-state index is 12.3. The second kappa shape index (κ2) is 8.45. The first-order chi connectivity index (χ1) is 14.3. The highest BCUT2D eigenvalue weighted by atomic mass is 32.1. The van der Waals surface area contributed by atoms with Gasteiger partial charge in [-0.15, -0.1) is 12.6 Å². The van der Waals surface area contributed by atoms with Crippen molar-refractivity contribution in [3.63, 3.8) is 0 Å². The third-order valence-electron chi connectivity index (χ3n) is 4.30. The zero-order valence-corrected chi connectivity index (χ0v) is 19.6. The van der Waals surface area contributed by atoms with Crippen molar-refractivity contribution < 1.29 is 19.1 Å². The molecule has 0 aromatic carbocycles. The van der Waals surface area contributed by atoms with Crippen LogP contribution in [-0.2, 0) is 9.47 Å². The van der Waals surface area contributed by atoms with Crippen molar-refractivity contribution in [2.75, 3.05) is 23.3 Å². The molecule has 3 heterocycles. The number of carbonyl (C=O) groups is 2. The summed E-state index contributed by atoms with van der Waals surface area (Å²) in [4.78, 5) is 31.6. The first-order valence-corrected chi connectivity index (χ1v) is 10.6. The molecule has 31 heavy (non-hydrogen) atoms. The Morgan fingerprint density at radius 2 is 1.77 bits per heavy atom. The number of fused-ring (bicyclic) bond motifs is 1. The number of nitrogens with zero attached hydrogens (tertiary/aromatic N) is 4. The number of thiol groups is 1. The average Bonchev–Trinajstić information content (AvgIpc) is 3.18. The third kappa shape index (κ3) is 6.16. The lowest BCUT2D eigenvalue weighted by atomic mass is 10.2. The van der Waals surface area contributed by atoms with E-state index < -0.39 is 23.4 Å². The third-order valence-corrected chi connectivity index (χ3v) is 4.62. The van der Waals surface area contributed by atoms with E-state index in [1.165, 1.54) is 4.52 Å². The fourth-order valence-electron chi connectivity index (χ4n) is 3.16. The molecule has 10 nitrogen and oxygen atoms in total. The fraction of sp³-hybridized carbons (Fsp3) is 0.600. The Morgan fingerprint density at radius 1 is 1.13 bits per heavy atom. The van der Waals surface area contributed by atoms with Crippen molar-refractivity contribution in [3.05, 3.63) is 12.3 Å². The van der Waals surface area contributed by atoms with Crippen LogP contribution in [0.15, 0.2) is 17.2 Å². The number of aromatic nitrogens is 3. The van der Waals surface area contributed by atoms with Gasteiger partial charge in [0, 0.05) is 19.2 Å². The number of rotatable bonds is 3. The molecule has 1 aliphatic rings. The van der Waals surface area contributed by atoms with E-state index in [0.29, 0.717) is 35.3 Å². The summed E-state index contributed by atoms with van der Waals surface area (Å²) in [5.74, 6) is 1.06. The number of amides is 2. The zero-order chi connectivity index (χ0) is 23.0. The van der Waals surface area contributed by atoms with Gasteiger partial charge in [0.1, 0.15) is 22.8 Å². The minimum absolute atomic E-state index is 0.0736. The van der Waals surface area contributed by atoms with Gasteiger partial charge in [-0.2, -0.15) is 9.61 Å². The van der Waals surface area contributed by atoms with Crippen molar-refractivity contribution in [2.24, 2.45) is 0 Å². The highest BCUT2D eigenvalue weighted by molar-refractivity contribution is 7.80. The van der Waals surface area contributed by atoms with Gasteiger partial charge in [0.25, 0.3) is 0 Å². The molecule has 1 saturated heterocycles. The largest absolute Gasteiger partial charge is 0.444 e. The van der Waals surface area contributed by atoms with E-state index in [0.717, 1.165) is 6.42 Å². The molecule has 1 fully saturated rings. The molecular weight excluding hydrogens is 420 g/mol. The van der Waals surface area contributed by atoms with Crippen LogP contribution in [-0.4, -0.2) is 57.1 Å². The summed E-state index contributed by atoms with van der Waals surface area (Å²) in [5.41, 5.74) is -0.675.